The predicted octanol–water partition coefficient (Wildman–Crippen LogP) is 3.41. The van der Waals surface area contributed by atoms with E-state index >= 15 is 0 Å². The summed E-state index contributed by atoms with van der Waals surface area (Å²) in [4.78, 5) is 4.56. The molecule has 4 nitrogen and oxygen atoms in total. The number of anilines is 1. The summed E-state index contributed by atoms with van der Waals surface area (Å²) in [7, 11) is 1.83. The van der Waals surface area contributed by atoms with Crippen LogP contribution in [0.4, 0.5) is 5.82 Å². The largest absolute Gasteiger partial charge is 0.507 e. The van der Waals surface area contributed by atoms with Gasteiger partial charge in [0.15, 0.2) is 0 Å². The summed E-state index contributed by atoms with van der Waals surface area (Å²) in [6.07, 6.45) is 1.62. The van der Waals surface area contributed by atoms with Gasteiger partial charge in [-0.3, -0.25) is 5.01 Å². The standard InChI is InChI=1S/C17H15N3O/c1-20(18-12-14-7-3-5-9-16(14)21)17-11-10-13-6-2-4-8-15(13)19-17/h2-12,21H,1H3/b18-12-. The predicted molar refractivity (Wildman–Crippen MR) is 85.8 cm³/mol. The van der Waals surface area contributed by atoms with Gasteiger partial charge in [0.1, 0.15) is 11.6 Å². The third-order valence-electron chi connectivity index (χ3n) is 3.22. The van der Waals surface area contributed by atoms with Crippen molar-refractivity contribution in [3.05, 3.63) is 66.2 Å². The first kappa shape index (κ1) is 13.1. The molecule has 1 N–H and O–H groups in total. The van der Waals surface area contributed by atoms with Gasteiger partial charge < -0.3 is 5.11 Å². The number of aromatic nitrogens is 1. The van der Waals surface area contributed by atoms with Gasteiger partial charge in [0.25, 0.3) is 0 Å². The van der Waals surface area contributed by atoms with Crippen LogP contribution in [0.3, 0.4) is 0 Å². The quantitative estimate of drug-likeness (QED) is 0.589. The van der Waals surface area contributed by atoms with E-state index in [4.69, 9.17) is 0 Å². The van der Waals surface area contributed by atoms with E-state index in [1.165, 1.54) is 0 Å². The number of phenolic OH excluding ortho intramolecular Hbond substituents is 1. The minimum Gasteiger partial charge on any atom is -0.507 e. The van der Waals surface area contributed by atoms with Gasteiger partial charge in [-0.15, -0.1) is 0 Å². The Morgan fingerprint density at radius 1 is 1.00 bits per heavy atom. The Hall–Kier alpha value is -2.88. The lowest BCUT2D eigenvalue weighted by Gasteiger charge is -2.12. The lowest BCUT2D eigenvalue weighted by atomic mass is 10.2. The third-order valence-corrected chi connectivity index (χ3v) is 3.22. The first-order chi connectivity index (χ1) is 10.2. The summed E-state index contributed by atoms with van der Waals surface area (Å²) in [6.45, 7) is 0. The van der Waals surface area contributed by atoms with Gasteiger partial charge in [-0.1, -0.05) is 30.3 Å². The lowest BCUT2D eigenvalue weighted by Crippen LogP contribution is -2.10. The minimum atomic E-state index is 0.209. The van der Waals surface area contributed by atoms with Crippen molar-refractivity contribution in [1.82, 2.24) is 4.98 Å². The summed E-state index contributed by atoms with van der Waals surface area (Å²) in [5.74, 6) is 0.960. The van der Waals surface area contributed by atoms with Gasteiger partial charge in [0, 0.05) is 18.0 Å². The van der Waals surface area contributed by atoms with Crippen LogP contribution in [-0.4, -0.2) is 23.4 Å². The highest BCUT2D eigenvalue weighted by Crippen LogP contribution is 2.18. The van der Waals surface area contributed by atoms with Gasteiger partial charge >= 0.3 is 0 Å². The molecule has 2 aromatic carbocycles. The second-order valence-electron chi connectivity index (χ2n) is 4.69. The second kappa shape index (κ2) is 5.63. The van der Waals surface area contributed by atoms with Crippen molar-refractivity contribution >= 4 is 22.9 Å². The van der Waals surface area contributed by atoms with Crippen LogP contribution >= 0.6 is 0 Å². The number of benzene rings is 2. The number of phenols is 1. The Labute approximate surface area is 123 Å². The van der Waals surface area contributed by atoms with E-state index in [1.807, 2.05) is 49.5 Å². The Kier molecular flexibility index (Phi) is 3.51. The first-order valence-electron chi connectivity index (χ1n) is 6.65. The highest BCUT2D eigenvalue weighted by molar-refractivity contribution is 5.84. The van der Waals surface area contributed by atoms with E-state index in [2.05, 4.69) is 10.1 Å². The van der Waals surface area contributed by atoms with Crippen LogP contribution in [0.2, 0.25) is 0 Å². The van der Waals surface area contributed by atoms with E-state index in [9.17, 15) is 5.11 Å². The molecule has 3 rings (SSSR count). The number of nitrogens with zero attached hydrogens (tertiary/aromatic N) is 3. The van der Waals surface area contributed by atoms with Crippen LogP contribution in [0.5, 0.6) is 5.75 Å². The van der Waals surface area contributed by atoms with Crippen molar-refractivity contribution in [3.63, 3.8) is 0 Å². The first-order valence-corrected chi connectivity index (χ1v) is 6.65. The summed E-state index contributed by atoms with van der Waals surface area (Å²) in [6, 6.07) is 19.0. The number of hydrogen-bond acceptors (Lipinski definition) is 4. The number of fused-ring (bicyclic) bond motifs is 1. The van der Waals surface area contributed by atoms with Gasteiger partial charge in [0.05, 0.1) is 11.7 Å². The maximum Gasteiger partial charge on any atom is 0.149 e. The molecule has 0 aliphatic carbocycles. The van der Waals surface area contributed by atoms with Crippen LogP contribution in [-0.2, 0) is 0 Å². The number of hydrogen-bond donors (Lipinski definition) is 1. The monoisotopic (exact) mass is 277 g/mol. The minimum absolute atomic E-state index is 0.209. The number of para-hydroxylation sites is 2. The molecule has 0 bridgehead atoms. The van der Waals surface area contributed by atoms with Crippen LogP contribution in [0.25, 0.3) is 10.9 Å². The molecule has 0 saturated heterocycles. The molecule has 0 radical (unpaired) electrons. The van der Waals surface area contributed by atoms with Crippen LogP contribution < -0.4 is 5.01 Å². The van der Waals surface area contributed by atoms with Crippen molar-refractivity contribution < 1.29 is 5.11 Å². The number of aromatic hydroxyl groups is 1. The van der Waals surface area contributed by atoms with Crippen molar-refractivity contribution in [2.75, 3.05) is 12.1 Å². The molecule has 0 unspecified atom stereocenters. The van der Waals surface area contributed by atoms with E-state index in [0.717, 1.165) is 16.7 Å². The SMILES string of the molecule is CN(/N=C\c1ccccc1O)c1ccc2ccccc2n1. The third kappa shape index (κ3) is 2.84. The van der Waals surface area contributed by atoms with Gasteiger partial charge in [-0.25, -0.2) is 4.98 Å². The summed E-state index contributed by atoms with van der Waals surface area (Å²) in [5.41, 5.74) is 1.60. The Morgan fingerprint density at radius 3 is 2.62 bits per heavy atom. The average Bonchev–Trinajstić information content (AvgIpc) is 2.53. The molecule has 0 amide bonds. The molecule has 0 saturated carbocycles. The molecule has 4 heteroatoms. The van der Waals surface area contributed by atoms with Gasteiger partial charge in [-0.05, 0) is 30.3 Å². The van der Waals surface area contributed by atoms with Crippen molar-refractivity contribution in [1.29, 1.82) is 0 Å². The molecule has 0 spiro atoms. The fourth-order valence-corrected chi connectivity index (χ4v) is 2.04. The Morgan fingerprint density at radius 2 is 1.76 bits per heavy atom. The van der Waals surface area contributed by atoms with E-state index in [-0.39, 0.29) is 5.75 Å². The zero-order chi connectivity index (χ0) is 14.7. The molecule has 104 valence electrons. The molecule has 21 heavy (non-hydrogen) atoms. The molecule has 0 aliphatic rings. The average molecular weight is 277 g/mol. The van der Waals surface area contributed by atoms with E-state index < -0.39 is 0 Å². The molecule has 0 atom stereocenters. The number of rotatable bonds is 3. The number of pyridine rings is 1. The summed E-state index contributed by atoms with van der Waals surface area (Å²) >= 11 is 0. The normalized spacial score (nSPS) is 11.1. The fourth-order valence-electron chi connectivity index (χ4n) is 2.04. The van der Waals surface area contributed by atoms with E-state index in [1.54, 1.807) is 29.4 Å². The number of hydrazone groups is 1. The molecule has 3 aromatic rings. The zero-order valence-corrected chi connectivity index (χ0v) is 11.6. The van der Waals surface area contributed by atoms with Crippen molar-refractivity contribution in [2.45, 2.75) is 0 Å². The zero-order valence-electron chi connectivity index (χ0n) is 11.6. The Balaban J connectivity index is 1.87. The maximum atomic E-state index is 9.71. The van der Waals surface area contributed by atoms with Crippen LogP contribution in [0.1, 0.15) is 5.56 Å². The second-order valence-corrected chi connectivity index (χ2v) is 4.69. The highest BCUT2D eigenvalue weighted by atomic mass is 16.3. The van der Waals surface area contributed by atoms with Crippen molar-refractivity contribution in [3.8, 4) is 5.75 Å². The molecule has 0 aliphatic heterocycles. The van der Waals surface area contributed by atoms with Crippen molar-refractivity contribution in [2.24, 2.45) is 5.10 Å². The maximum absolute atomic E-state index is 9.71. The van der Waals surface area contributed by atoms with Crippen LogP contribution in [0, 0.1) is 0 Å². The van der Waals surface area contributed by atoms with Crippen LogP contribution in [0.15, 0.2) is 65.8 Å². The summed E-state index contributed by atoms with van der Waals surface area (Å²) < 4.78 is 0. The molecular formula is C17H15N3O. The van der Waals surface area contributed by atoms with Gasteiger partial charge in [-0.2, -0.15) is 5.10 Å². The molecule has 1 aromatic heterocycles. The van der Waals surface area contributed by atoms with E-state index in [0.29, 0.717) is 5.56 Å². The molecular weight excluding hydrogens is 262 g/mol. The smallest absolute Gasteiger partial charge is 0.149 e. The van der Waals surface area contributed by atoms with Gasteiger partial charge in [0.2, 0.25) is 0 Å². The fraction of sp³-hybridized carbons (Fsp3) is 0.0588. The highest BCUT2D eigenvalue weighted by Gasteiger charge is 2.02. The Bertz CT molecular complexity index is 799. The molecule has 1 heterocycles. The summed E-state index contributed by atoms with van der Waals surface area (Å²) in [5, 5.41) is 16.8. The topological polar surface area (TPSA) is 48.7 Å². The molecule has 0 fully saturated rings. The lowest BCUT2D eigenvalue weighted by molar-refractivity contribution is 0.474.